The van der Waals surface area contributed by atoms with Gasteiger partial charge in [0.05, 0.1) is 11.5 Å². The van der Waals surface area contributed by atoms with E-state index in [1.54, 1.807) is 0 Å². The maximum atomic E-state index is 12.5. The molecule has 0 heterocycles. The first-order valence-electron chi connectivity index (χ1n) is 6.35. The van der Waals surface area contributed by atoms with E-state index in [0.29, 0.717) is 24.0 Å². The summed E-state index contributed by atoms with van der Waals surface area (Å²) in [7, 11) is 0. The van der Waals surface area contributed by atoms with E-state index in [2.05, 4.69) is 0 Å². The number of benzene rings is 1. The highest BCUT2D eigenvalue weighted by Gasteiger charge is 2.43. The molecule has 0 N–H and O–H groups in total. The third-order valence-electron chi connectivity index (χ3n) is 3.99. The Hall–Kier alpha value is -1.91. The minimum absolute atomic E-state index is 0.0904. The second-order valence-electron chi connectivity index (χ2n) is 5.16. The first-order chi connectivity index (χ1) is 9.38. The van der Waals surface area contributed by atoms with Gasteiger partial charge < -0.3 is 0 Å². The van der Waals surface area contributed by atoms with Crippen LogP contribution in [0.25, 0.3) is 5.57 Å². The number of halogens is 3. The van der Waals surface area contributed by atoms with E-state index >= 15 is 0 Å². The van der Waals surface area contributed by atoms with Gasteiger partial charge in [-0.15, -0.1) is 0 Å². The summed E-state index contributed by atoms with van der Waals surface area (Å²) in [5.41, 5.74) is 0.340. The third-order valence-corrected chi connectivity index (χ3v) is 3.99. The Morgan fingerprint density at radius 2 is 1.55 bits per heavy atom. The first kappa shape index (κ1) is 13.1. The van der Waals surface area contributed by atoms with Gasteiger partial charge in [0.1, 0.15) is 0 Å². The molecule has 0 spiro atoms. The number of ketones is 2. The first-order valence-corrected chi connectivity index (χ1v) is 6.35. The molecule has 2 nitrogen and oxygen atoms in total. The topological polar surface area (TPSA) is 34.1 Å². The number of Topliss-reactive ketones (excluding diaryl/α,β-unsaturated/α-hetero) is 1. The molecule has 2 atom stereocenters. The molecule has 2 aliphatic carbocycles. The standard InChI is InChI=1S/C15H11F3O2/c16-15(17,18)9-3-1-8(2-4-9)12-7-13(19)11-6-5-10(12)14(11)20/h1-4,7,10-11H,5-6H2/t10-,11+/m1/s1. The zero-order valence-corrected chi connectivity index (χ0v) is 10.4. The van der Waals surface area contributed by atoms with E-state index in [4.69, 9.17) is 0 Å². The molecule has 1 fully saturated rings. The summed E-state index contributed by atoms with van der Waals surface area (Å²) in [6.07, 6.45) is -1.82. The van der Waals surface area contributed by atoms with Crippen molar-refractivity contribution < 1.29 is 22.8 Å². The molecular formula is C15H11F3O2. The van der Waals surface area contributed by atoms with Crippen LogP contribution in [0.4, 0.5) is 13.2 Å². The summed E-state index contributed by atoms with van der Waals surface area (Å²) >= 11 is 0. The number of rotatable bonds is 1. The second-order valence-corrected chi connectivity index (χ2v) is 5.16. The lowest BCUT2D eigenvalue weighted by Gasteiger charge is -2.19. The van der Waals surface area contributed by atoms with Gasteiger partial charge in [-0.05, 0) is 42.2 Å². The van der Waals surface area contributed by atoms with E-state index in [9.17, 15) is 22.8 Å². The van der Waals surface area contributed by atoms with Gasteiger partial charge in [0.25, 0.3) is 0 Å². The summed E-state index contributed by atoms with van der Waals surface area (Å²) in [5.74, 6) is -1.18. The minimum Gasteiger partial charge on any atom is -0.298 e. The highest BCUT2D eigenvalue weighted by Crippen LogP contribution is 2.42. The van der Waals surface area contributed by atoms with Crippen molar-refractivity contribution in [3.05, 3.63) is 41.5 Å². The smallest absolute Gasteiger partial charge is 0.298 e. The fraction of sp³-hybridized carbons (Fsp3) is 0.333. The number of hydrogen-bond donors (Lipinski definition) is 0. The van der Waals surface area contributed by atoms with Crippen molar-refractivity contribution in [1.82, 2.24) is 0 Å². The zero-order valence-electron chi connectivity index (χ0n) is 10.4. The van der Waals surface area contributed by atoms with Crippen LogP contribution in [0, 0.1) is 11.8 Å². The van der Waals surface area contributed by atoms with Crippen LogP contribution in [0.15, 0.2) is 30.3 Å². The Labute approximate surface area is 113 Å². The van der Waals surface area contributed by atoms with Gasteiger partial charge in [0.15, 0.2) is 11.6 Å². The normalized spacial score (nSPS) is 25.9. The molecule has 0 aromatic heterocycles. The monoisotopic (exact) mass is 280 g/mol. The Morgan fingerprint density at radius 3 is 2.15 bits per heavy atom. The Bertz CT molecular complexity index is 611. The van der Waals surface area contributed by atoms with Crippen LogP contribution in [-0.4, -0.2) is 11.6 Å². The molecule has 0 aliphatic heterocycles. The second kappa shape index (κ2) is 4.30. The van der Waals surface area contributed by atoms with Crippen LogP contribution in [0.3, 0.4) is 0 Å². The molecule has 0 amide bonds. The number of carbonyl (C=O) groups excluding carboxylic acids is 2. The number of fused-ring (bicyclic) bond motifs is 2. The van der Waals surface area contributed by atoms with Crippen molar-refractivity contribution >= 4 is 17.1 Å². The number of alkyl halides is 3. The van der Waals surface area contributed by atoms with E-state index in [0.717, 1.165) is 12.1 Å². The molecule has 3 rings (SSSR count). The van der Waals surface area contributed by atoms with E-state index in [-0.39, 0.29) is 17.5 Å². The largest absolute Gasteiger partial charge is 0.416 e. The van der Waals surface area contributed by atoms with Gasteiger partial charge in [-0.3, -0.25) is 9.59 Å². The molecule has 104 valence electrons. The number of carbonyl (C=O) groups is 2. The highest BCUT2D eigenvalue weighted by atomic mass is 19.4. The lowest BCUT2D eigenvalue weighted by Crippen LogP contribution is -2.26. The number of allylic oxidation sites excluding steroid dienone is 2. The van der Waals surface area contributed by atoms with E-state index in [1.165, 1.54) is 18.2 Å². The summed E-state index contributed by atoms with van der Waals surface area (Å²) < 4.78 is 37.5. The van der Waals surface area contributed by atoms with Gasteiger partial charge in [0.2, 0.25) is 0 Å². The molecule has 1 saturated carbocycles. The summed E-state index contributed by atoms with van der Waals surface area (Å²) in [6, 6.07) is 4.61. The average Bonchev–Trinajstić information content (AvgIpc) is 2.66. The van der Waals surface area contributed by atoms with Crippen molar-refractivity contribution in [3.63, 3.8) is 0 Å². The van der Waals surface area contributed by atoms with Crippen molar-refractivity contribution in [3.8, 4) is 0 Å². The third kappa shape index (κ3) is 1.97. The van der Waals surface area contributed by atoms with Crippen molar-refractivity contribution in [2.75, 3.05) is 0 Å². The van der Waals surface area contributed by atoms with Gasteiger partial charge in [-0.25, -0.2) is 0 Å². The Morgan fingerprint density at radius 1 is 0.950 bits per heavy atom. The maximum absolute atomic E-state index is 12.5. The Balaban J connectivity index is 1.97. The molecule has 2 aliphatic rings. The van der Waals surface area contributed by atoms with Gasteiger partial charge >= 0.3 is 6.18 Å². The zero-order chi connectivity index (χ0) is 14.5. The van der Waals surface area contributed by atoms with Crippen LogP contribution in [0.1, 0.15) is 24.0 Å². The molecule has 0 radical (unpaired) electrons. The lowest BCUT2D eigenvalue weighted by molar-refractivity contribution is -0.137. The molecular weight excluding hydrogens is 269 g/mol. The fourth-order valence-corrected chi connectivity index (χ4v) is 2.94. The quantitative estimate of drug-likeness (QED) is 0.740. The predicted molar refractivity (Wildman–Crippen MR) is 65.6 cm³/mol. The molecule has 2 bridgehead atoms. The van der Waals surface area contributed by atoms with Gasteiger partial charge in [0, 0.05) is 5.92 Å². The summed E-state index contributed by atoms with van der Waals surface area (Å²) in [6.45, 7) is 0. The fourth-order valence-electron chi connectivity index (χ4n) is 2.94. The molecule has 5 heteroatoms. The maximum Gasteiger partial charge on any atom is 0.416 e. The summed E-state index contributed by atoms with van der Waals surface area (Å²) in [5, 5.41) is 0. The molecule has 0 saturated heterocycles. The summed E-state index contributed by atoms with van der Waals surface area (Å²) in [4.78, 5) is 23.8. The highest BCUT2D eigenvalue weighted by molar-refractivity contribution is 6.19. The molecule has 1 aromatic rings. The van der Waals surface area contributed by atoms with Crippen LogP contribution >= 0.6 is 0 Å². The molecule has 20 heavy (non-hydrogen) atoms. The van der Waals surface area contributed by atoms with E-state index in [1.807, 2.05) is 0 Å². The lowest BCUT2D eigenvalue weighted by atomic mass is 9.83. The SMILES string of the molecule is O=C1C=C(c2ccc(C(F)(F)F)cc2)[C@H]2CC[C@@H]1C2=O. The Kier molecular flexibility index (Phi) is 2.81. The van der Waals surface area contributed by atoms with E-state index < -0.39 is 17.7 Å². The number of hydrogen-bond acceptors (Lipinski definition) is 2. The van der Waals surface area contributed by atoms with Crippen LogP contribution in [0.5, 0.6) is 0 Å². The van der Waals surface area contributed by atoms with Gasteiger partial charge in [-0.2, -0.15) is 13.2 Å². The average molecular weight is 280 g/mol. The van der Waals surface area contributed by atoms with Crippen LogP contribution < -0.4 is 0 Å². The van der Waals surface area contributed by atoms with Gasteiger partial charge in [-0.1, -0.05) is 12.1 Å². The van der Waals surface area contributed by atoms with Crippen molar-refractivity contribution in [2.24, 2.45) is 11.8 Å². The van der Waals surface area contributed by atoms with Crippen LogP contribution in [0.2, 0.25) is 0 Å². The molecule has 1 aromatic carbocycles. The predicted octanol–water partition coefficient (Wildman–Crippen LogP) is 3.27. The van der Waals surface area contributed by atoms with Crippen LogP contribution in [-0.2, 0) is 15.8 Å². The molecule has 0 unspecified atom stereocenters. The van der Waals surface area contributed by atoms with Crippen molar-refractivity contribution in [1.29, 1.82) is 0 Å². The van der Waals surface area contributed by atoms with Crippen molar-refractivity contribution in [2.45, 2.75) is 19.0 Å². The minimum atomic E-state index is -4.39.